The van der Waals surface area contributed by atoms with Crippen molar-refractivity contribution in [1.29, 1.82) is 0 Å². The number of hydrogen-bond donors (Lipinski definition) is 1. The van der Waals surface area contributed by atoms with E-state index in [1.165, 1.54) is 12.0 Å². The molecule has 0 saturated heterocycles. The number of fused-ring (bicyclic) bond motifs is 7. The Labute approximate surface area is 201 Å². The third-order valence-corrected chi connectivity index (χ3v) is 13.2. The van der Waals surface area contributed by atoms with Crippen molar-refractivity contribution in [2.24, 2.45) is 56.7 Å². The minimum Gasteiger partial charge on any atom is -0.481 e. The molecule has 0 bridgehead atoms. The van der Waals surface area contributed by atoms with Crippen molar-refractivity contribution in [3.8, 4) is 0 Å². The van der Waals surface area contributed by atoms with Crippen LogP contribution < -0.4 is 0 Å². The van der Waals surface area contributed by atoms with Gasteiger partial charge in [-0.05, 0) is 97.2 Å². The molecule has 0 radical (unpaired) electrons. The number of carbonyl (C=O) groups excluding carboxylic acids is 1. The normalized spacial score (nSPS) is 53.1. The van der Waals surface area contributed by atoms with Crippen LogP contribution in [0.3, 0.4) is 0 Å². The molecular weight excluding hydrogens is 408 g/mol. The largest absolute Gasteiger partial charge is 0.481 e. The van der Waals surface area contributed by atoms with E-state index in [9.17, 15) is 14.7 Å². The molecule has 3 heteroatoms. The summed E-state index contributed by atoms with van der Waals surface area (Å²) in [5.74, 6) is 2.10. The summed E-state index contributed by atoms with van der Waals surface area (Å²) in [5, 5.41) is 10.5. The van der Waals surface area contributed by atoms with Crippen LogP contribution >= 0.6 is 0 Å². The number of carboxylic acids is 1. The van der Waals surface area contributed by atoms with Gasteiger partial charge >= 0.3 is 5.97 Å². The molecule has 0 amide bonds. The second-order valence-corrected chi connectivity index (χ2v) is 14.3. The fourth-order valence-electron chi connectivity index (χ4n) is 10.7. The summed E-state index contributed by atoms with van der Waals surface area (Å²) in [6, 6.07) is 0. The maximum atomic E-state index is 12.9. The lowest BCUT2D eigenvalue weighted by atomic mass is 9.33. The Morgan fingerprint density at radius 3 is 2.30 bits per heavy atom. The van der Waals surface area contributed by atoms with Crippen molar-refractivity contribution in [3.05, 3.63) is 11.6 Å². The maximum Gasteiger partial charge on any atom is 0.310 e. The van der Waals surface area contributed by atoms with Crippen LogP contribution in [-0.4, -0.2) is 16.9 Å². The molecule has 0 aromatic carbocycles. The highest BCUT2D eigenvalue weighted by molar-refractivity contribution is 5.85. The Bertz CT molecular complexity index is 916. The summed E-state index contributed by atoms with van der Waals surface area (Å²) in [7, 11) is 0. The highest BCUT2D eigenvalue weighted by Crippen LogP contribution is 2.75. The van der Waals surface area contributed by atoms with E-state index in [4.69, 9.17) is 0 Å². The van der Waals surface area contributed by atoms with Gasteiger partial charge in [0.15, 0.2) is 0 Å². The molecule has 1 N–H and O–H groups in total. The molecule has 33 heavy (non-hydrogen) atoms. The van der Waals surface area contributed by atoms with Crippen LogP contribution in [0.1, 0.15) is 106 Å². The van der Waals surface area contributed by atoms with Crippen LogP contribution in [0.4, 0.5) is 0 Å². The third kappa shape index (κ3) is 2.69. The van der Waals surface area contributed by atoms with E-state index in [1.54, 1.807) is 0 Å². The standard InChI is InChI=1S/C30H46O3/c1-18-10-15-30(25(32)33)17-16-28(6)20(24(30)19(18)2)8-9-22-27(5)13-12-23(31)26(3,4)21(27)11-14-29(22,28)7/h8,18-19,21-22,24H,9-17H2,1-7H3,(H,32,33)/t18-,19+,21-,22-,24-,27+,28-,29-,30+/m1/s1. The Morgan fingerprint density at radius 1 is 0.939 bits per heavy atom. The number of rotatable bonds is 1. The summed E-state index contributed by atoms with van der Waals surface area (Å²) < 4.78 is 0. The first-order chi connectivity index (χ1) is 15.3. The first-order valence-corrected chi connectivity index (χ1v) is 13.7. The number of aliphatic carboxylic acids is 1. The van der Waals surface area contributed by atoms with Crippen LogP contribution in [0.2, 0.25) is 0 Å². The Kier molecular flexibility index (Phi) is 4.99. The van der Waals surface area contributed by atoms with Crippen molar-refractivity contribution >= 4 is 11.8 Å². The molecule has 0 spiro atoms. The van der Waals surface area contributed by atoms with E-state index >= 15 is 0 Å². The van der Waals surface area contributed by atoms with E-state index in [2.05, 4.69) is 54.5 Å². The molecule has 0 aliphatic heterocycles. The molecule has 5 aliphatic rings. The van der Waals surface area contributed by atoms with E-state index in [1.807, 2.05) is 0 Å². The molecule has 0 aromatic heterocycles. The molecule has 0 heterocycles. The van der Waals surface area contributed by atoms with Crippen LogP contribution in [-0.2, 0) is 9.59 Å². The van der Waals surface area contributed by atoms with Crippen molar-refractivity contribution in [1.82, 2.24) is 0 Å². The summed E-state index contributed by atoms with van der Waals surface area (Å²) in [5.41, 5.74) is 1.12. The zero-order valence-corrected chi connectivity index (χ0v) is 22.1. The fourth-order valence-corrected chi connectivity index (χ4v) is 10.7. The van der Waals surface area contributed by atoms with Gasteiger partial charge in [-0.25, -0.2) is 0 Å². The number of ketones is 1. The molecule has 0 unspecified atom stereocenters. The highest BCUT2D eigenvalue weighted by atomic mass is 16.4. The van der Waals surface area contributed by atoms with Crippen molar-refractivity contribution in [3.63, 3.8) is 0 Å². The number of carbonyl (C=O) groups is 2. The van der Waals surface area contributed by atoms with E-state index in [0.717, 1.165) is 51.4 Å². The van der Waals surface area contributed by atoms with Gasteiger partial charge in [0, 0.05) is 11.8 Å². The second kappa shape index (κ2) is 6.97. The Morgan fingerprint density at radius 2 is 1.64 bits per heavy atom. The predicted molar refractivity (Wildman–Crippen MR) is 132 cm³/mol. The Balaban J connectivity index is 1.62. The predicted octanol–water partition coefficient (Wildman–Crippen LogP) is 7.30. The van der Waals surface area contributed by atoms with Gasteiger partial charge in [0.1, 0.15) is 5.78 Å². The maximum absolute atomic E-state index is 12.9. The molecule has 5 rings (SSSR count). The second-order valence-electron chi connectivity index (χ2n) is 14.3. The fraction of sp³-hybridized carbons (Fsp3) is 0.867. The average molecular weight is 455 g/mol. The van der Waals surface area contributed by atoms with Crippen molar-refractivity contribution in [2.45, 2.75) is 106 Å². The zero-order chi connectivity index (χ0) is 24.2. The number of allylic oxidation sites excluding steroid dienone is 2. The van der Waals surface area contributed by atoms with E-state index in [0.29, 0.717) is 29.5 Å². The summed E-state index contributed by atoms with van der Waals surface area (Å²) in [6.45, 7) is 16.7. The molecule has 4 fully saturated rings. The lowest BCUT2D eigenvalue weighted by Gasteiger charge is -2.70. The van der Waals surface area contributed by atoms with Crippen LogP contribution in [0.5, 0.6) is 0 Å². The zero-order valence-electron chi connectivity index (χ0n) is 22.1. The van der Waals surface area contributed by atoms with Gasteiger partial charge in [0.05, 0.1) is 5.41 Å². The average Bonchev–Trinajstić information content (AvgIpc) is 2.74. The first-order valence-electron chi connectivity index (χ1n) is 13.7. The summed E-state index contributed by atoms with van der Waals surface area (Å²) in [4.78, 5) is 25.7. The monoisotopic (exact) mass is 454 g/mol. The Hall–Kier alpha value is -1.12. The highest BCUT2D eigenvalue weighted by Gasteiger charge is 2.69. The van der Waals surface area contributed by atoms with Crippen molar-refractivity contribution < 1.29 is 14.7 Å². The van der Waals surface area contributed by atoms with Gasteiger partial charge in [0.25, 0.3) is 0 Å². The van der Waals surface area contributed by atoms with Gasteiger partial charge in [-0.2, -0.15) is 0 Å². The smallest absolute Gasteiger partial charge is 0.310 e. The molecule has 3 nitrogen and oxygen atoms in total. The summed E-state index contributed by atoms with van der Waals surface area (Å²) >= 11 is 0. The molecule has 9 atom stereocenters. The van der Waals surface area contributed by atoms with Gasteiger partial charge in [-0.15, -0.1) is 0 Å². The third-order valence-electron chi connectivity index (χ3n) is 13.2. The molecule has 184 valence electrons. The van der Waals surface area contributed by atoms with E-state index in [-0.39, 0.29) is 27.6 Å². The van der Waals surface area contributed by atoms with Crippen LogP contribution in [0, 0.1) is 56.7 Å². The minimum absolute atomic E-state index is 0.0600. The quantitative estimate of drug-likeness (QED) is 0.423. The van der Waals surface area contributed by atoms with Gasteiger partial charge < -0.3 is 5.11 Å². The van der Waals surface area contributed by atoms with E-state index < -0.39 is 11.4 Å². The minimum atomic E-state index is -0.569. The molecule has 5 aliphatic carbocycles. The lowest BCUT2D eigenvalue weighted by Crippen LogP contribution is -2.65. The first kappa shape index (κ1) is 23.6. The van der Waals surface area contributed by atoms with Gasteiger partial charge in [0.2, 0.25) is 0 Å². The van der Waals surface area contributed by atoms with Crippen LogP contribution in [0.25, 0.3) is 0 Å². The number of Topliss-reactive ketones (excluding diaryl/α,β-unsaturated/α-hetero) is 1. The topological polar surface area (TPSA) is 54.4 Å². The van der Waals surface area contributed by atoms with Gasteiger partial charge in [-0.3, -0.25) is 9.59 Å². The number of carboxylic acid groups (broad SMARTS) is 1. The van der Waals surface area contributed by atoms with Crippen molar-refractivity contribution in [2.75, 3.05) is 0 Å². The van der Waals surface area contributed by atoms with Gasteiger partial charge in [-0.1, -0.05) is 60.1 Å². The SMILES string of the molecule is C[C@H]1[C@H](C)CC[C@]2(C(=O)O)CC[C@]3(C)C(=CC[C@@H]4[C@@]5(C)CCC(=O)C(C)(C)[C@H]5CC[C@]43C)[C@@H]12. The number of hydrogen-bond acceptors (Lipinski definition) is 2. The molecule has 4 saturated carbocycles. The summed E-state index contributed by atoms with van der Waals surface area (Å²) in [6.07, 6.45) is 11.3. The molecule has 0 aromatic rings. The molecular formula is C30H46O3. The lowest BCUT2D eigenvalue weighted by molar-refractivity contribution is -0.190. The van der Waals surface area contributed by atoms with Crippen LogP contribution in [0.15, 0.2) is 11.6 Å².